The Morgan fingerprint density at radius 1 is 0.800 bits per heavy atom. The van der Waals surface area contributed by atoms with Crippen LogP contribution < -0.4 is 5.32 Å². The highest BCUT2D eigenvalue weighted by Crippen LogP contribution is 2.21. The van der Waals surface area contributed by atoms with Gasteiger partial charge >= 0.3 is 0 Å². The van der Waals surface area contributed by atoms with E-state index in [1.807, 2.05) is 12.1 Å². The fourth-order valence-corrected chi connectivity index (χ4v) is 2.58. The first kappa shape index (κ1) is 14.7. The molecule has 2 rings (SSSR count). The Morgan fingerprint density at radius 3 is 1.85 bits per heavy atom. The van der Waals surface area contributed by atoms with Crippen molar-refractivity contribution in [2.75, 3.05) is 0 Å². The predicted molar refractivity (Wildman–Crippen MR) is 82.3 cm³/mol. The van der Waals surface area contributed by atoms with Crippen LogP contribution >= 0.6 is 0 Å². The maximum atomic E-state index is 12.9. The number of hydrogen-bond acceptors (Lipinski definition) is 1. The minimum Gasteiger partial charge on any atom is -0.304 e. The quantitative estimate of drug-likeness (QED) is 0.837. The Labute approximate surface area is 120 Å². The lowest BCUT2D eigenvalue weighted by Crippen LogP contribution is -2.22. The van der Waals surface area contributed by atoms with E-state index in [-0.39, 0.29) is 17.9 Å². The van der Waals surface area contributed by atoms with Gasteiger partial charge in [0, 0.05) is 12.1 Å². The maximum absolute atomic E-state index is 12.9. The molecule has 0 heterocycles. The first-order chi connectivity index (χ1) is 9.45. The molecule has 2 aromatic rings. The second-order valence-corrected chi connectivity index (χ2v) is 5.58. The molecule has 1 nitrogen and oxygen atoms in total. The van der Waals surface area contributed by atoms with Crippen LogP contribution in [0.4, 0.5) is 4.39 Å². The van der Waals surface area contributed by atoms with Crippen molar-refractivity contribution in [3.8, 4) is 0 Å². The molecule has 0 amide bonds. The van der Waals surface area contributed by atoms with Crippen molar-refractivity contribution in [2.24, 2.45) is 0 Å². The zero-order valence-corrected chi connectivity index (χ0v) is 12.6. The van der Waals surface area contributed by atoms with Gasteiger partial charge in [-0.15, -0.1) is 0 Å². The predicted octanol–water partition coefficient (Wildman–Crippen LogP) is 4.85. The van der Waals surface area contributed by atoms with E-state index < -0.39 is 0 Å². The van der Waals surface area contributed by atoms with Crippen LogP contribution in [-0.4, -0.2) is 0 Å². The molecule has 2 aromatic carbocycles. The van der Waals surface area contributed by atoms with Gasteiger partial charge in [-0.3, -0.25) is 0 Å². The molecule has 0 radical (unpaired) electrons. The maximum Gasteiger partial charge on any atom is 0.123 e. The number of rotatable bonds is 4. The Balaban J connectivity index is 2.10. The first-order valence-corrected chi connectivity index (χ1v) is 7.05. The third kappa shape index (κ3) is 3.67. The summed E-state index contributed by atoms with van der Waals surface area (Å²) < 4.78 is 12.9. The van der Waals surface area contributed by atoms with Crippen LogP contribution in [0, 0.1) is 19.7 Å². The minimum absolute atomic E-state index is 0.186. The summed E-state index contributed by atoms with van der Waals surface area (Å²) in [5, 5.41) is 3.56. The Bertz CT molecular complexity index is 554. The molecule has 0 spiro atoms. The molecule has 0 bridgehead atoms. The summed E-state index contributed by atoms with van der Waals surface area (Å²) in [4.78, 5) is 0. The zero-order chi connectivity index (χ0) is 14.7. The number of hydrogen-bond donors (Lipinski definition) is 1. The normalized spacial score (nSPS) is 14.1. The van der Waals surface area contributed by atoms with Crippen LogP contribution in [0.1, 0.15) is 48.2 Å². The minimum atomic E-state index is -0.191. The summed E-state index contributed by atoms with van der Waals surface area (Å²) in [6.45, 7) is 8.50. The molecule has 1 unspecified atom stereocenters. The lowest BCUT2D eigenvalue weighted by atomic mass is 10.0. The fraction of sp³-hybridized carbons (Fsp3) is 0.333. The number of halogens is 1. The van der Waals surface area contributed by atoms with Crippen molar-refractivity contribution in [3.05, 3.63) is 70.5 Å². The standard InChI is InChI=1S/C18H22FN/c1-12-9-13(2)11-17(10-12)15(4)20-14(3)16-5-7-18(19)8-6-16/h5-11,14-15,20H,1-4H3/t14-,15?/m0/s1. The highest BCUT2D eigenvalue weighted by atomic mass is 19.1. The Hall–Kier alpha value is -1.67. The van der Waals surface area contributed by atoms with Crippen molar-refractivity contribution >= 4 is 0 Å². The SMILES string of the molecule is Cc1cc(C)cc(C(C)N[C@@H](C)c2ccc(F)cc2)c1. The van der Waals surface area contributed by atoms with Crippen molar-refractivity contribution in [1.82, 2.24) is 5.32 Å². The summed E-state index contributed by atoms with van der Waals surface area (Å²) in [6.07, 6.45) is 0. The van der Waals surface area contributed by atoms with Crippen LogP contribution in [0.25, 0.3) is 0 Å². The molecule has 20 heavy (non-hydrogen) atoms. The number of benzene rings is 2. The van der Waals surface area contributed by atoms with E-state index in [9.17, 15) is 4.39 Å². The Kier molecular flexibility index (Phi) is 4.56. The smallest absolute Gasteiger partial charge is 0.123 e. The van der Waals surface area contributed by atoms with Crippen LogP contribution in [-0.2, 0) is 0 Å². The van der Waals surface area contributed by atoms with Gasteiger partial charge < -0.3 is 5.32 Å². The van der Waals surface area contributed by atoms with E-state index in [0.717, 1.165) is 5.56 Å². The van der Waals surface area contributed by atoms with E-state index in [0.29, 0.717) is 0 Å². The molecule has 106 valence electrons. The van der Waals surface area contributed by atoms with Gasteiger partial charge in [-0.05, 0) is 51.0 Å². The van der Waals surface area contributed by atoms with Crippen LogP contribution in [0.2, 0.25) is 0 Å². The van der Waals surface area contributed by atoms with Crippen molar-refractivity contribution in [1.29, 1.82) is 0 Å². The van der Waals surface area contributed by atoms with Gasteiger partial charge in [-0.25, -0.2) is 4.39 Å². The average molecular weight is 271 g/mol. The number of nitrogens with one attached hydrogen (secondary N) is 1. The van der Waals surface area contributed by atoms with Crippen LogP contribution in [0.5, 0.6) is 0 Å². The van der Waals surface area contributed by atoms with Crippen molar-refractivity contribution in [2.45, 2.75) is 39.8 Å². The summed E-state index contributed by atoms with van der Waals surface area (Å²) in [5.74, 6) is -0.191. The monoisotopic (exact) mass is 271 g/mol. The average Bonchev–Trinajstić information content (AvgIpc) is 2.38. The second kappa shape index (κ2) is 6.19. The van der Waals surface area contributed by atoms with Gasteiger partial charge in [0.25, 0.3) is 0 Å². The van der Waals surface area contributed by atoms with Gasteiger partial charge in [-0.2, -0.15) is 0 Å². The molecule has 0 saturated carbocycles. The second-order valence-electron chi connectivity index (χ2n) is 5.58. The van der Waals surface area contributed by atoms with E-state index in [2.05, 4.69) is 51.2 Å². The van der Waals surface area contributed by atoms with Gasteiger partial charge in [-0.1, -0.05) is 41.5 Å². The number of aryl methyl sites for hydroxylation is 2. The zero-order valence-electron chi connectivity index (χ0n) is 12.6. The van der Waals surface area contributed by atoms with Crippen LogP contribution in [0.15, 0.2) is 42.5 Å². The Morgan fingerprint density at radius 2 is 1.30 bits per heavy atom. The summed E-state index contributed by atoms with van der Waals surface area (Å²) >= 11 is 0. The molecule has 0 fully saturated rings. The molecule has 0 aliphatic heterocycles. The fourth-order valence-electron chi connectivity index (χ4n) is 2.58. The van der Waals surface area contributed by atoms with Crippen molar-refractivity contribution in [3.63, 3.8) is 0 Å². The third-order valence-electron chi connectivity index (χ3n) is 3.61. The molecular weight excluding hydrogens is 249 g/mol. The molecule has 2 heteroatoms. The molecule has 1 N–H and O–H groups in total. The summed E-state index contributed by atoms with van der Waals surface area (Å²) in [5.41, 5.74) is 4.95. The molecule has 0 aromatic heterocycles. The van der Waals surface area contributed by atoms with E-state index in [4.69, 9.17) is 0 Å². The molecule has 0 aliphatic carbocycles. The molecule has 0 aliphatic rings. The molecule has 2 atom stereocenters. The van der Waals surface area contributed by atoms with Gasteiger partial charge in [0.1, 0.15) is 5.82 Å². The van der Waals surface area contributed by atoms with Crippen LogP contribution in [0.3, 0.4) is 0 Å². The van der Waals surface area contributed by atoms with E-state index in [1.54, 1.807) is 0 Å². The lowest BCUT2D eigenvalue weighted by molar-refractivity contribution is 0.493. The van der Waals surface area contributed by atoms with E-state index >= 15 is 0 Å². The van der Waals surface area contributed by atoms with Gasteiger partial charge in [0.05, 0.1) is 0 Å². The van der Waals surface area contributed by atoms with Gasteiger partial charge in [0.15, 0.2) is 0 Å². The lowest BCUT2D eigenvalue weighted by Gasteiger charge is -2.21. The first-order valence-electron chi connectivity index (χ1n) is 7.05. The molecular formula is C18H22FN. The van der Waals surface area contributed by atoms with Crippen molar-refractivity contribution < 1.29 is 4.39 Å². The molecule has 0 saturated heterocycles. The highest BCUT2D eigenvalue weighted by Gasteiger charge is 2.11. The third-order valence-corrected chi connectivity index (χ3v) is 3.61. The summed E-state index contributed by atoms with van der Waals surface area (Å²) in [7, 11) is 0. The topological polar surface area (TPSA) is 12.0 Å². The van der Waals surface area contributed by atoms with E-state index in [1.165, 1.54) is 28.8 Å². The highest BCUT2D eigenvalue weighted by molar-refractivity contribution is 5.30. The summed E-state index contributed by atoms with van der Waals surface area (Å²) in [6, 6.07) is 13.7. The largest absolute Gasteiger partial charge is 0.304 e. The van der Waals surface area contributed by atoms with Gasteiger partial charge in [0.2, 0.25) is 0 Å².